The Morgan fingerprint density at radius 3 is 2.17 bits per heavy atom. The van der Waals surface area contributed by atoms with Gasteiger partial charge >= 0.3 is 0 Å². The summed E-state index contributed by atoms with van der Waals surface area (Å²) in [6, 6.07) is 0. The van der Waals surface area contributed by atoms with E-state index in [9.17, 15) is 10.2 Å². The van der Waals surface area contributed by atoms with E-state index < -0.39 is 24.6 Å². The summed E-state index contributed by atoms with van der Waals surface area (Å²) in [5, 5.41) is 18.6. The van der Waals surface area contributed by atoms with Gasteiger partial charge in [0.15, 0.2) is 6.29 Å². The summed E-state index contributed by atoms with van der Waals surface area (Å²) in [6.45, 7) is 0.0690. The molecule has 1 aliphatic rings. The monoisotopic (exact) mass is 178 g/mol. The highest BCUT2D eigenvalue weighted by Gasteiger charge is 2.39. The predicted molar refractivity (Wildman–Crippen MR) is 39.6 cm³/mol. The van der Waals surface area contributed by atoms with Crippen molar-refractivity contribution in [1.82, 2.24) is 0 Å². The van der Waals surface area contributed by atoms with E-state index in [1.807, 2.05) is 0 Å². The Bertz CT molecular complexity index is 124. The van der Waals surface area contributed by atoms with Crippen LogP contribution >= 0.6 is 0 Å². The number of aliphatic hydroxyl groups excluding tert-OH is 2. The summed E-state index contributed by atoms with van der Waals surface area (Å²) in [6.07, 6.45) is -2.93. The second kappa shape index (κ2) is 4.15. The molecule has 0 saturated carbocycles. The van der Waals surface area contributed by atoms with Crippen molar-refractivity contribution in [3.8, 4) is 0 Å². The number of hydrogen-bond donors (Lipinski definition) is 2. The van der Waals surface area contributed by atoms with E-state index in [-0.39, 0.29) is 6.61 Å². The van der Waals surface area contributed by atoms with Crippen molar-refractivity contribution >= 4 is 0 Å². The molecule has 2 N–H and O–H groups in total. The molecule has 0 amide bonds. The summed E-state index contributed by atoms with van der Waals surface area (Å²) in [4.78, 5) is 0. The van der Waals surface area contributed by atoms with Gasteiger partial charge in [-0.05, 0) is 0 Å². The van der Waals surface area contributed by atoms with E-state index in [1.54, 1.807) is 0 Å². The van der Waals surface area contributed by atoms with E-state index in [2.05, 4.69) is 0 Å². The van der Waals surface area contributed by atoms with E-state index in [0.717, 1.165) is 0 Å². The van der Waals surface area contributed by atoms with Crippen LogP contribution in [0.25, 0.3) is 0 Å². The first-order valence-electron chi connectivity index (χ1n) is 3.74. The van der Waals surface area contributed by atoms with Gasteiger partial charge in [0, 0.05) is 14.2 Å². The number of ether oxygens (including phenoxy) is 3. The molecule has 1 fully saturated rings. The van der Waals surface area contributed by atoms with Crippen LogP contribution in [0.1, 0.15) is 0 Å². The SMILES string of the molecule is CO[C@H]1[C@H](O)COC(O)[C@@H]1OC. The van der Waals surface area contributed by atoms with Gasteiger partial charge < -0.3 is 24.4 Å². The van der Waals surface area contributed by atoms with Crippen molar-refractivity contribution in [2.75, 3.05) is 20.8 Å². The van der Waals surface area contributed by atoms with Crippen LogP contribution in [0.5, 0.6) is 0 Å². The lowest BCUT2D eigenvalue weighted by Crippen LogP contribution is -2.54. The van der Waals surface area contributed by atoms with Crippen molar-refractivity contribution in [2.24, 2.45) is 0 Å². The van der Waals surface area contributed by atoms with Crippen LogP contribution in [0.2, 0.25) is 0 Å². The van der Waals surface area contributed by atoms with Crippen molar-refractivity contribution in [3.05, 3.63) is 0 Å². The minimum atomic E-state index is -1.02. The number of rotatable bonds is 2. The molecule has 0 spiro atoms. The number of hydrogen-bond acceptors (Lipinski definition) is 5. The quantitative estimate of drug-likeness (QED) is 0.551. The minimum Gasteiger partial charge on any atom is -0.388 e. The fourth-order valence-electron chi connectivity index (χ4n) is 1.31. The van der Waals surface area contributed by atoms with Gasteiger partial charge in [-0.1, -0.05) is 0 Å². The second-order valence-corrected chi connectivity index (χ2v) is 2.69. The summed E-state index contributed by atoms with van der Waals surface area (Å²) in [7, 11) is 2.89. The molecule has 0 radical (unpaired) electrons. The fraction of sp³-hybridized carbons (Fsp3) is 1.00. The molecule has 1 heterocycles. The predicted octanol–water partition coefficient (Wildman–Crippen LogP) is -1.27. The summed E-state index contributed by atoms with van der Waals surface area (Å²) in [5.41, 5.74) is 0. The van der Waals surface area contributed by atoms with E-state index >= 15 is 0 Å². The van der Waals surface area contributed by atoms with Gasteiger partial charge in [0.25, 0.3) is 0 Å². The average molecular weight is 178 g/mol. The summed E-state index contributed by atoms with van der Waals surface area (Å²) >= 11 is 0. The van der Waals surface area contributed by atoms with Gasteiger partial charge in [-0.2, -0.15) is 0 Å². The summed E-state index contributed by atoms with van der Waals surface area (Å²) < 4.78 is 14.7. The van der Waals surface area contributed by atoms with Crippen LogP contribution in [0.15, 0.2) is 0 Å². The van der Waals surface area contributed by atoms with Gasteiger partial charge in [-0.25, -0.2) is 0 Å². The van der Waals surface area contributed by atoms with E-state index in [1.165, 1.54) is 14.2 Å². The van der Waals surface area contributed by atoms with Gasteiger partial charge in [0.05, 0.1) is 6.61 Å². The Morgan fingerprint density at radius 2 is 1.75 bits per heavy atom. The highest BCUT2D eigenvalue weighted by molar-refractivity contribution is 4.84. The Morgan fingerprint density at radius 1 is 1.17 bits per heavy atom. The third-order valence-electron chi connectivity index (χ3n) is 1.97. The fourth-order valence-corrected chi connectivity index (χ4v) is 1.31. The third-order valence-corrected chi connectivity index (χ3v) is 1.97. The topological polar surface area (TPSA) is 68.2 Å². The maximum absolute atomic E-state index is 9.35. The summed E-state index contributed by atoms with van der Waals surface area (Å²) in [5.74, 6) is 0. The molecule has 0 aliphatic carbocycles. The number of aliphatic hydroxyl groups is 2. The van der Waals surface area contributed by atoms with Crippen LogP contribution in [-0.2, 0) is 14.2 Å². The molecular formula is C7H14O5. The third kappa shape index (κ3) is 1.75. The maximum Gasteiger partial charge on any atom is 0.183 e. The van der Waals surface area contributed by atoms with E-state index in [0.29, 0.717) is 0 Å². The molecule has 0 aromatic carbocycles. The zero-order chi connectivity index (χ0) is 9.14. The average Bonchev–Trinajstić information content (AvgIpc) is 2.08. The van der Waals surface area contributed by atoms with Crippen molar-refractivity contribution < 1.29 is 24.4 Å². The standard InChI is InChI=1S/C7H14O5/c1-10-5-4(8)3-12-7(9)6(5)11-2/h4-9H,3H2,1-2H3/t4-,5+,6-,7?/m1/s1. The molecule has 1 saturated heterocycles. The lowest BCUT2D eigenvalue weighted by Gasteiger charge is -2.36. The molecule has 5 heteroatoms. The first-order valence-corrected chi connectivity index (χ1v) is 3.74. The zero-order valence-corrected chi connectivity index (χ0v) is 7.14. The smallest absolute Gasteiger partial charge is 0.183 e. The molecular weight excluding hydrogens is 164 g/mol. The van der Waals surface area contributed by atoms with Gasteiger partial charge in [0.1, 0.15) is 18.3 Å². The molecule has 5 nitrogen and oxygen atoms in total. The van der Waals surface area contributed by atoms with Crippen LogP contribution in [0, 0.1) is 0 Å². The van der Waals surface area contributed by atoms with Crippen molar-refractivity contribution in [1.29, 1.82) is 0 Å². The second-order valence-electron chi connectivity index (χ2n) is 2.69. The molecule has 1 rings (SSSR count). The lowest BCUT2D eigenvalue weighted by atomic mass is 10.1. The lowest BCUT2D eigenvalue weighted by molar-refractivity contribution is -0.264. The number of methoxy groups -OCH3 is 2. The molecule has 0 aromatic rings. The van der Waals surface area contributed by atoms with Gasteiger partial charge in [0.2, 0.25) is 0 Å². The van der Waals surface area contributed by atoms with Gasteiger partial charge in [-0.15, -0.1) is 0 Å². The van der Waals surface area contributed by atoms with E-state index in [4.69, 9.17) is 14.2 Å². The highest BCUT2D eigenvalue weighted by atomic mass is 16.7. The normalized spacial score (nSPS) is 43.0. The van der Waals surface area contributed by atoms with Crippen LogP contribution in [-0.4, -0.2) is 55.6 Å². The zero-order valence-electron chi connectivity index (χ0n) is 7.14. The van der Waals surface area contributed by atoms with Gasteiger partial charge in [-0.3, -0.25) is 0 Å². The van der Waals surface area contributed by atoms with Crippen LogP contribution in [0.3, 0.4) is 0 Å². The molecule has 4 atom stereocenters. The Hall–Kier alpha value is -0.200. The molecule has 12 heavy (non-hydrogen) atoms. The molecule has 0 aromatic heterocycles. The van der Waals surface area contributed by atoms with Crippen molar-refractivity contribution in [2.45, 2.75) is 24.6 Å². The molecule has 72 valence electrons. The van der Waals surface area contributed by atoms with Crippen molar-refractivity contribution in [3.63, 3.8) is 0 Å². The highest BCUT2D eigenvalue weighted by Crippen LogP contribution is 2.18. The van der Waals surface area contributed by atoms with Crippen LogP contribution < -0.4 is 0 Å². The molecule has 1 unspecified atom stereocenters. The first-order chi connectivity index (χ1) is 5.70. The molecule has 0 bridgehead atoms. The Labute approximate surface area is 70.9 Å². The Balaban J connectivity index is 2.61. The largest absolute Gasteiger partial charge is 0.388 e. The van der Waals surface area contributed by atoms with Crippen LogP contribution in [0.4, 0.5) is 0 Å². The molecule has 1 aliphatic heterocycles. The maximum atomic E-state index is 9.35. The first kappa shape index (κ1) is 9.88. The Kier molecular flexibility index (Phi) is 3.42. The minimum absolute atomic E-state index is 0.0690.